The summed E-state index contributed by atoms with van der Waals surface area (Å²) in [6.45, 7) is 0.696. The van der Waals surface area contributed by atoms with Crippen LogP contribution < -0.4 is 4.72 Å². The summed E-state index contributed by atoms with van der Waals surface area (Å²) in [7, 11) is -4.52. The van der Waals surface area contributed by atoms with Crippen LogP contribution in [0.3, 0.4) is 0 Å². The number of halogens is 3. The summed E-state index contributed by atoms with van der Waals surface area (Å²) in [5, 5.41) is 19.8. The molecule has 1 aliphatic carbocycles. The quantitative estimate of drug-likeness (QED) is 0.574. The number of benzene rings is 1. The molecule has 0 radical (unpaired) electrons. The number of hydrogen-bond donors (Lipinski definition) is 1. The molecule has 8 nitrogen and oxygen atoms in total. The third-order valence-electron chi connectivity index (χ3n) is 5.91. The van der Waals surface area contributed by atoms with Crippen molar-refractivity contribution in [2.75, 3.05) is 0 Å². The molecule has 0 bridgehead atoms. The van der Waals surface area contributed by atoms with E-state index in [1.807, 2.05) is 4.57 Å². The van der Waals surface area contributed by atoms with Gasteiger partial charge in [0, 0.05) is 11.4 Å². The van der Waals surface area contributed by atoms with Gasteiger partial charge < -0.3 is 4.57 Å². The first-order valence-electron chi connectivity index (χ1n) is 10.5. The third-order valence-corrected chi connectivity index (χ3v) is 7.40. The van der Waals surface area contributed by atoms with Gasteiger partial charge in [-0.2, -0.15) is 28.4 Å². The molecule has 176 valence electrons. The van der Waals surface area contributed by atoms with Crippen LogP contribution in [0.5, 0.6) is 0 Å². The maximum atomic E-state index is 12.8. The SMILES string of the molecule is CC(NS(=O)(=O)c1cnc(-c2c(C#N)c3cc(C#N)ccc3n2C2CCCC2)nc1)C(F)(F)F. The minimum Gasteiger partial charge on any atom is -0.334 e. The van der Waals surface area contributed by atoms with Crippen molar-refractivity contribution in [3.63, 3.8) is 0 Å². The van der Waals surface area contributed by atoms with E-state index in [-0.39, 0.29) is 17.4 Å². The van der Waals surface area contributed by atoms with Crippen LogP contribution in [0.25, 0.3) is 22.4 Å². The first kappa shape index (κ1) is 23.7. The molecule has 1 N–H and O–H groups in total. The number of sulfonamides is 1. The fraction of sp³-hybridized carbons (Fsp3) is 0.364. The number of nitrogens with zero attached hydrogens (tertiary/aromatic N) is 5. The van der Waals surface area contributed by atoms with Crippen LogP contribution in [-0.2, 0) is 10.0 Å². The molecule has 0 saturated heterocycles. The van der Waals surface area contributed by atoms with Gasteiger partial charge in [-0.1, -0.05) is 12.8 Å². The molecular weight excluding hydrogens is 469 g/mol. The Morgan fingerprint density at radius 1 is 1.15 bits per heavy atom. The lowest BCUT2D eigenvalue weighted by Crippen LogP contribution is -2.43. The summed E-state index contributed by atoms with van der Waals surface area (Å²) in [4.78, 5) is 7.70. The third kappa shape index (κ3) is 4.22. The van der Waals surface area contributed by atoms with Gasteiger partial charge in [0.25, 0.3) is 0 Å². The van der Waals surface area contributed by atoms with Gasteiger partial charge in [0.2, 0.25) is 10.0 Å². The van der Waals surface area contributed by atoms with Crippen molar-refractivity contribution < 1.29 is 21.6 Å². The Bertz CT molecular complexity index is 1430. The van der Waals surface area contributed by atoms with Gasteiger partial charge in [-0.15, -0.1) is 0 Å². The van der Waals surface area contributed by atoms with Gasteiger partial charge in [0.1, 0.15) is 22.7 Å². The van der Waals surface area contributed by atoms with Crippen molar-refractivity contribution in [1.29, 1.82) is 10.5 Å². The number of nitrogens with one attached hydrogen (secondary N) is 1. The second kappa shape index (κ2) is 8.70. The fourth-order valence-corrected chi connectivity index (χ4v) is 5.32. The van der Waals surface area contributed by atoms with Gasteiger partial charge >= 0.3 is 6.18 Å². The van der Waals surface area contributed by atoms with Crippen molar-refractivity contribution in [2.45, 2.75) is 55.8 Å². The molecule has 4 rings (SSSR count). The number of alkyl halides is 3. The van der Waals surface area contributed by atoms with Crippen molar-refractivity contribution in [2.24, 2.45) is 0 Å². The maximum absolute atomic E-state index is 12.8. The van der Waals surface area contributed by atoms with E-state index in [9.17, 15) is 32.1 Å². The number of aromatic nitrogens is 3. The molecule has 1 aromatic carbocycles. The molecule has 3 aromatic rings. The normalized spacial score (nSPS) is 15.8. The predicted molar refractivity (Wildman–Crippen MR) is 116 cm³/mol. The van der Waals surface area contributed by atoms with E-state index in [4.69, 9.17) is 0 Å². The lowest BCUT2D eigenvalue weighted by molar-refractivity contribution is -0.147. The van der Waals surface area contributed by atoms with E-state index in [2.05, 4.69) is 22.1 Å². The summed E-state index contributed by atoms with van der Waals surface area (Å²) in [5.74, 6) is 0.0703. The monoisotopic (exact) mass is 488 g/mol. The molecule has 34 heavy (non-hydrogen) atoms. The summed E-state index contributed by atoms with van der Waals surface area (Å²) >= 11 is 0. The second-order valence-electron chi connectivity index (χ2n) is 8.11. The Morgan fingerprint density at radius 3 is 2.35 bits per heavy atom. The van der Waals surface area contributed by atoms with E-state index in [0.29, 0.717) is 23.6 Å². The highest BCUT2D eigenvalue weighted by Crippen LogP contribution is 2.40. The van der Waals surface area contributed by atoms with Crippen molar-refractivity contribution >= 4 is 20.9 Å². The Hall–Kier alpha value is -3.48. The van der Waals surface area contributed by atoms with E-state index in [1.54, 1.807) is 22.9 Å². The van der Waals surface area contributed by atoms with Gasteiger partial charge in [0.15, 0.2) is 5.82 Å². The van der Waals surface area contributed by atoms with Gasteiger partial charge in [-0.3, -0.25) is 0 Å². The van der Waals surface area contributed by atoms with Crippen LogP contribution in [0, 0.1) is 22.7 Å². The number of hydrogen-bond acceptors (Lipinski definition) is 6. The predicted octanol–water partition coefficient (Wildman–Crippen LogP) is 4.19. The van der Waals surface area contributed by atoms with Crippen LogP contribution >= 0.6 is 0 Å². The Labute approximate surface area is 193 Å². The van der Waals surface area contributed by atoms with Crippen molar-refractivity contribution in [1.82, 2.24) is 19.3 Å². The number of rotatable bonds is 5. The van der Waals surface area contributed by atoms with Crippen LogP contribution in [0.15, 0.2) is 35.5 Å². The van der Waals surface area contributed by atoms with Gasteiger partial charge in [0.05, 0.1) is 35.1 Å². The van der Waals surface area contributed by atoms with Crippen molar-refractivity contribution in [3.05, 3.63) is 41.7 Å². The molecule has 1 atom stereocenters. The Kier molecular flexibility index (Phi) is 6.06. The van der Waals surface area contributed by atoms with Crippen LogP contribution in [0.1, 0.15) is 49.8 Å². The topological polar surface area (TPSA) is 124 Å². The molecule has 1 aliphatic rings. The molecule has 1 saturated carbocycles. The zero-order valence-electron chi connectivity index (χ0n) is 18.0. The zero-order chi connectivity index (χ0) is 24.7. The highest BCUT2D eigenvalue weighted by Gasteiger charge is 2.39. The molecular formula is C22H19F3N6O2S. The minimum atomic E-state index is -4.75. The smallest absolute Gasteiger partial charge is 0.334 e. The average molecular weight is 488 g/mol. The minimum absolute atomic E-state index is 0.0637. The van der Waals surface area contributed by atoms with Crippen molar-refractivity contribution in [3.8, 4) is 23.7 Å². The lowest BCUT2D eigenvalue weighted by atomic mass is 10.1. The summed E-state index contributed by atoms with van der Waals surface area (Å²) in [6, 6.07) is 7.01. The largest absolute Gasteiger partial charge is 0.404 e. The van der Waals surface area contributed by atoms with E-state index < -0.39 is 27.1 Å². The first-order chi connectivity index (χ1) is 16.1. The number of fused-ring (bicyclic) bond motifs is 1. The van der Waals surface area contributed by atoms with E-state index in [0.717, 1.165) is 43.6 Å². The van der Waals surface area contributed by atoms with Crippen LogP contribution in [-0.4, -0.2) is 35.2 Å². The summed E-state index contributed by atoms with van der Waals surface area (Å²) in [5.41, 5.74) is 1.75. The lowest BCUT2D eigenvalue weighted by Gasteiger charge is -2.18. The molecule has 12 heteroatoms. The Balaban J connectivity index is 1.83. The fourth-order valence-electron chi connectivity index (χ4n) is 4.20. The van der Waals surface area contributed by atoms with E-state index in [1.165, 1.54) is 0 Å². The number of nitriles is 2. The van der Waals surface area contributed by atoms with E-state index >= 15 is 0 Å². The molecule has 0 aliphatic heterocycles. The summed E-state index contributed by atoms with van der Waals surface area (Å²) < 4.78 is 66.7. The molecule has 0 amide bonds. The van der Waals surface area contributed by atoms with Gasteiger partial charge in [-0.25, -0.2) is 18.4 Å². The molecule has 2 aromatic heterocycles. The zero-order valence-corrected chi connectivity index (χ0v) is 18.8. The Morgan fingerprint density at radius 2 is 1.79 bits per heavy atom. The first-order valence-corrected chi connectivity index (χ1v) is 11.9. The highest BCUT2D eigenvalue weighted by molar-refractivity contribution is 7.89. The standard InChI is InChI=1S/C22H19F3N6O2S/c1-13(22(23,24)25)30-34(32,33)16-11-28-21(29-12-16)20-18(10-27)17-8-14(9-26)6-7-19(17)31(20)15-4-2-3-5-15/h6-8,11-13,15,30H,2-5H2,1H3. The van der Waals surface area contributed by atoms with Crippen LogP contribution in [0.2, 0.25) is 0 Å². The molecule has 1 unspecified atom stereocenters. The average Bonchev–Trinajstić information content (AvgIpc) is 3.43. The molecule has 1 fully saturated rings. The van der Waals surface area contributed by atoms with Gasteiger partial charge in [-0.05, 0) is 38.0 Å². The second-order valence-corrected chi connectivity index (χ2v) is 9.83. The molecule has 0 spiro atoms. The molecule has 2 heterocycles. The van der Waals surface area contributed by atoms with Crippen LogP contribution in [0.4, 0.5) is 13.2 Å². The summed E-state index contributed by atoms with van der Waals surface area (Å²) in [6.07, 6.45) is 0.839. The maximum Gasteiger partial charge on any atom is 0.404 e. The highest BCUT2D eigenvalue weighted by atomic mass is 32.2.